The molecule has 5 heterocycles. The number of ether oxygens (including phenoxy) is 1. The molecule has 3 aliphatic heterocycles. The molecule has 7 amide bonds. The van der Waals surface area contributed by atoms with E-state index in [0.29, 0.717) is 11.3 Å². The second-order valence-electron chi connectivity index (χ2n) is 26.7. The van der Waals surface area contributed by atoms with E-state index >= 15 is 14.4 Å². The zero-order valence-corrected chi connectivity index (χ0v) is 57.7. The number of Topliss-reactive ketones (excluding diaryl/α,β-unsaturated/α-hetero) is 1. The molecule has 4 aromatic carbocycles. The Morgan fingerprint density at radius 1 is 0.545 bits per heavy atom. The van der Waals surface area contributed by atoms with Crippen molar-refractivity contribution in [3.8, 4) is 0 Å². The third-order valence-corrected chi connectivity index (χ3v) is 19.0. The van der Waals surface area contributed by atoms with Crippen molar-refractivity contribution >= 4 is 80.6 Å². The summed E-state index contributed by atoms with van der Waals surface area (Å²) in [4.78, 5) is 151. The Bertz CT molecular complexity index is 3890. The Balaban J connectivity index is 1.07. The van der Waals surface area contributed by atoms with Gasteiger partial charge in [0.05, 0.1) is 43.7 Å². The summed E-state index contributed by atoms with van der Waals surface area (Å²) in [6.07, 6.45) is 2.22. The van der Waals surface area contributed by atoms with Gasteiger partial charge in [0.15, 0.2) is 5.78 Å². The predicted octanol–water partition coefficient (Wildman–Crippen LogP) is 0.271. The number of nitrogens with one attached hydrogen (secondary N) is 7. The number of hydrogen-bond donors (Lipinski definition) is 8. The van der Waals surface area contributed by atoms with E-state index in [4.69, 9.17) is 4.74 Å². The smallest absolute Gasteiger partial charge is 0.328 e. The number of piperazine rings is 2. The van der Waals surface area contributed by atoms with Crippen LogP contribution in [0.1, 0.15) is 70.5 Å². The summed E-state index contributed by atoms with van der Waals surface area (Å²) in [6, 6.07) is 16.6. The molecule has 29 nitrogen and oxygen atoms in total. The minimum Gasteiger partial charge on any atom is -0.480 e. The number of likely N-dealkylation sites (N-methyl/N-ethyl adjacent to an activating group) is 2. The van der Waals surface area contributed by atoms with Crippen molar-refractivity contribution < 1.29 is 57.8 Å². The highest BCUT2D eigenvalue weighted by molar-refractivity contribution is 5.98. The van der Waals surface area contributed by atoms with E-state index in [1.165, 1.54) is 26.3 Å². The van der Waals surface area contributed by atoms with E-state index in [9.17, 15) is 38.7 Å². The summed E-state index contributed by atoms with van der Waals surface area (Å²) < 4.78 is 8.29. The number of rotatable bonds is 16. The van der Waals surface area contributed by atoms with Crippen molar-refractivity contribution in [3.05, 3.63) is 120 Å². The summed E-state index contributed by atoms with van der Waals surface area (Å²) in [5.41, 5.74) is 1.87. The highest BCUT2D eigenvalue weighted by Crippen LogP contribution is 2.26. The third-order valence-electron chi connectivity index (χ3n) is 19.0. The van der Waals surface area contributed by atoms with Crippen LogP contribution in [0.4, 0.5) is 0 Å². The maximum absolute atomic E-state index is 15.4. The number of aliphatic carboxylic acids is 1. The molecule has 0 saturated carbocycles. The van der Waals surface area contributed by atoms with Gasteiger partial charge in [-0.3, -0.25) is 57.5 Å². The van der Waals surface area contributed by atoms with E-state index in [0.717, 1.165) is 27.1 Å². The number of carbonyl (C=O) groups excluding carboxylic acids is 9. The SMILES string of the molecule is CN[C@@H](C)C(=O)N[C@H](C(=O)N1CCN2CCn3cc(nn3)C[C@@H](C(=O)O)NC(=O)[C@H](Cc3ccc4ccccc4c3)NC(=O)[C@@H]3CN(CCN3C(=O)[C@@H](NC(=O)[C@H](C)NC)C(C)C)CCn3cc(nn3)C[C@@H](C(=O)OC)NC(=O)[C@H](Cc3ccc4ccccc4c3)CC(=O)[C@@H]1C2)C(C)C. The number of benzene rings is 4. The fourth-order valence-electron chi connectivity index (χ4n) is 12.8. The molecular formula is C70H93N17O12. The fourth-order valence-corrected chi connectivity index (χ4v) is 12.8. The van der Waals surface area contributed by atoms with Crippen molar-refractivity contribution in [1.29, 1.82) is 0 Å². The van der Waals surface area contributed by atoms with Gasteiger partial charge in [0.1, 0.15) is 42.3 Å². The van der Waals surface area contributed by atoms with E-state index in [1.807, 2.05) is 94.7 Å². The summed E-state index contributed by atoms with van der Waals surface area (Å²) in [5, 5.41) is 51.8. The topological polar surface area (TPSA) is 359 Å². The number of methoxy groups -OCH3 is 1. The average Bonchev–Trinajstić information content (AvgIpc) is 1.68. The first kappa shape index (κ1) is 73.7. The van der Waals surface area contributed by atoms with Gasteiger partial charge < -0.3 is 56.9 Å². The number of esters is 1. The molecule has 3 aliphatic rings. The second-order valence-corrected chi connectivity index (χ2v) is 26.7. The molecule has 99 heavy (non-hydrogen) atoms. The van der Waals surface area contributed by atoms with Gasteiger partial charge in [0.25, 0.3) is 0 Å². The second kappa shape index (κ2) is 33.8. The highest BCUT2D eigenvalue weighted by atomic mass is 16.5. The van der Waals surface area contributed by atoms with Gasteiger partial charge >= 0.3 is 11.9 Å². The number of carbonyl (C=O) groups is 10. The number of carboxylic acids is 1. The van der Waals surface area contributed by atoms with Gasteiger partial charge in [0, 0.05) is 96.4 Å². The third kappa shape index (κ3) is 19.0. The van der Waals surface area contributed by atoms with Crippen molar-refractivity contribution in [1.82, 2.24) is 86.8 Å². The quantitative estimate of drug-likeness (QED) is 0.0603. The Labute approximate surface area is 575 Å². The molecule has 2 saturated heterocycles. The number of amides is 7. The maximum Gasteiger partial charge on any atom is 0.328 e. The van der Waals surface area contributed by atoms with Crippen LogP contribution in [0.3, 0.4) is 0 Å². The molecule has 8 N–H and O–H groups in total. The van der Waals surface area contributed by atoms with Crippen LogP contribution in [-0.4, -0.2) is 242 Å². The minimum absolute atomic E-state index is 0.00637. The molecular weight excluding hydrogens is 1270 g/mol. The van der Waals surface area contributed by atoms with Crippen molar-refractivity contribution in [2.24, 2.45) is 17.8 Å². The van der Waals surface area contributed by atoms with E-state index in [-0.39, 0.29) is 103 Å². The van der Waals surface area contributed by atoms with Gasteiger partial charge in [0.2, 0.25) is 41.4 Å². The lowest BCUT2D eigenvalue weighted by molar-refractivity contribution is -0.148. The van der Waals surface area contributed by atoms with Crippen LogP contribution in [0.15, 0.2) is 97.3 Å². The van der Waals surface area contributed by atoms with E-state index < -0.39 is 131 Å². The Morgan fingerprint density at radius 2 is 1.00 bits per heavy atom. The lowest BCUT2D eigenvalue weighted by Crippen LogP contribution is -2.66. The summed E-state index contributed by atoms with van der Waals surface area (Å²) in [6.45, 7) is 11.9. The molecule has 9 rings (SSSR count). The van der Waals surface area contributed by atoms with Crippen LogP contribution >= 0.6 is 0 Å². The number of aromatic nitrogens is 6. The minimum atomic E-state index is -1.58. The summed E-state index contributed by atoms with van der Waals surface area (Å²) >= 11 is 0. The zero-order chi connectivity index (χ0) is 71.2. The van der Waals surface area contributed by atoms with Crippen LogP contribution < -0.4 is 37.2 Å². The van der Waals surface area contributed by atoms with Crippen molar-refractivity contribution in [2.45, 2.75) is 141 Å². The van der Waals surface area contributed by atoms with Gasteiger partial charge in [-0.2, -0.15) is 0 Å². The van der Waals surface area contributed by atoms with Gasteiger partial charge in [-0.15, -0.1) is 10.2 Å². The van der Waals surface area contributed by atoms with Crippen LogP contribution in [0.5, 0.6) is 0 Å². The molecule has 2 fully saturated rings. The molecule has 0 spiro atoms. The van der Waals surface area contributed by atoms with Crippen LogP contribution in [-0.2, 0) is 91.5 Å². The normalized spacial score (nSPS) is 23.0. The molecule has 2 aromatic heterocycles. The number of hydrogen-bond acceptors (Lipinski definition) is 19. The highest BCUT2D eigenvalue weighted by Gasteiger charge is 2.44. The molecule has 2 unspecified atom stereocenters. The first-order valence-electron chi connectivity index (χ1n) is 33.9. The standard InChI is InChI=1S/C70H93N17O12/c1-41(2)60(76-62(89)43(5)71-7)67(94)86-28-24-82-22-26-84-37-52(78-80-84)35-55(69(96)97)74-65(92)54(33-46-19-21-48-15-11-13-17-50(48)31-46)73-66(93)58-40-83(25-29-87(58)68(95)61(42(3)4)77-63(90)44(6)72-8)23-27-85-38-53(79-81-85)36-56(70(98)99-9)75-64(91)51(34-59(88)57(86)39-82)32-45-18-20-47-14-10-12-16-49(47)30-45/h10-21,30-31,37-38,41-44,51,54-58,60-61,71-72H,22-29,32-36,39-40H2,1-9H3,(H,73,93)(H,74,92)(H,75,91)(H,76,89)(H,77,90)(H,96,97)/t43-,44-,51+,54-,55-,56-,57-,58-,60-,61-/m0/s1. The number of fused-ring (bicyclic) bond motifs is 10. The van der Waals surface area contributed by atoms with Crippen LogP contribution in [0, 0.1) is 17.8 Å². The summed E-state index contributed by atoms with van der Waals surface area (Å²) in [7, 11) is 4.44. The van der Waals surface area contributed by atoms with Crippen molar-refractivity contribution in [2.75, 3.05) is 73.6 Å². The van der Waals surface area contributed by atoms with Gasteiger partial charge in [-0.05, 0) is 78.9 Å². The Morgan fingerprint density at radius 3 is 1.48 bits per heavy atom. The number of nitrogens with zero attached hydrogens (tertiary/aromatic N) is 10. The first-order chi connectivity index (χ1) is 47.4. The predicted molar refractivity (Wildman–Crippen MR) is 366 cm³/mol. The van der Waals surface area contributed by atoms with E-state index in [2.05, 4.69) is 57.8 Å². The molecule has 12 atom stereocenters. The number of carboxylic acid groups (broad SMARTS) is 1. The molecule has 530 valence electrons. The fraction of sp³-hybridized carbons (Fsp3) is 0.514. The average molecular weight is 1360 g/mol. The van der Waals surface area contributed by atoms with Crippen LogP contribution in [0.25, 0.3) is 21.5 Å². The van der Waals surface area contributed by atoms with Gasteiger partial charge in [-0.1, -0.05) is 123 Å². The lowest BCUT2D eigenvalue weighted by atomic mass is 9.89. The molecule has 8 bridgehead atoms. The Hall–Kier alpha value is -9.58. The molecule has 0 radical (unpaired) electrons. The summed E-state index contributed by atoms with van der Waals surface area (Å²) in [5.74, 6) is -8.60. The monoisotopic (exact) mass is 1360 g/mol. The first-order valence-corrected chi connectivity index (χ1v) is 33.9. The molecule has 6 aromatic rings. The largest absolute Gasteiger partial charge is 0.480 e. The van der Waals surface area contributed by atoms with Gasteiger partial charge in [-0.25, -0.2) is 9.59 Å². The van der Waals surface area contributed by atoms with Crippen molar-refractivity contribution in [3.63, 3.8) is 0 Å². The zero-order valence-electron chi connectivity index (χ0n) is 57.7. The number of ketones is 1. The Kier molecular flexibility index (Phi) is 25.1. The molecule has 29 heteroatoms. The lowest BCUT2D eigenvalue weighted by Gasteiger charge is -2.43. The maximum atomic E-state index is 15.4. The van der Waals surface area contributed by atoms with Crippen LogP contribution in [0.2, 0.25) is 0 Å². The molecule has 0 aliphatic carbocycles. The van der Waals surface area contributed by atoms with E-state index in [1.54, 1.807) is 68.0 Å².